The molecule has 2 atom stereocenters. The second-order valence-electron chi connectivity index (χ2n) is 6.26. The highest BCUT2D eigenvalue weighted by Crippen LogP contribution is 2.44. The van der Waals surface area contributed by atoms with Gasteiger partial charge in [-0.1, -0.05) is 39.5 Å². The Kier molecular flexibility index (Phi) is 3.39. The maximum Gasteiger partial charge on any atom is 0.0678 e. The zero-order chi connectivity index (χ0) is 10.9. The summed E-state index contributed by atoms with van der Waals surface area (Å²) < 4.78 is 0. The van der Waals surface area contributed by atoms with Crippen molar-refractivity contribution in [3.8, 4) is 0 Å². The van der Waals surface area contributed by atoms with Gasteiger partial charge in [0.1, 0.15) is 0 Å². The van der Waals surface area contributed by atoms with Gasteiger partial charge in [0.2, 0.25) is 0 Å². The van der Waals surface area contributed by atoms with Crippen molar-refractivity contribution in [2.75, 3.05) is 0 Å². The third kappa shape index (κ3) is 2.55. The van der Waals surface area contributed by atoms with Crippen molar-refractivity contribution < 1.29 is 5.11 Å². The Morgan fingerprint density at radius 1 is 0.933 bits per heavy atom. The molecule has 0 radical (unpaired) electrons. The highest BCUT2D eigenvalue weighted by Gasteiger charge is 2.40. The van der Waals surface area contributed by atoms with Crippen LogP contribution in [0.1, 0.15) is 65.2 Å². The molecule has 1 N–H and O–H groups in total. The van der Waals surface area contributed by atoms with Gasteiger partial charge in [0.05, 0.1) is 5.60 Å². The molecule has 1 nitrogen and oxygen atoms in total. The van der Waals surface area contributed by atoms with E-state index in [1.165, 1.54) is 38.5 Å². The van der Waals surface area contributed by atoms with E-state index in [4.69, 9.17) is 0 Å². The Balaban J connectivity index is 1.95. The van der Waals surface area contributed by atoms with Gasteiger partial charge in [-0.05, 0) is 43.4 Å². The summed E-state index contributed by atoms with van der Waals surface area (Å²) in [6, 6.07) is 0. The van der Waals surface area contributed by atoms with E-state index in [9.17, 15) is 5.11 Å². The molecule has 0 aliphatic heterocycles. The van der Waals surface area contributed by atoms with Gasteiger partial charge in [0.25, 0.3) is 0 Å². The summed E-state index contributed by atoms with van der Waals surface area (Å²) in [5, 5.41) is 10.8. The van der Waals surface area contributed by atoms with Crippen LogP contribution in [0.25, 0.3) is 0 Å². The number of rotatable bonds is 1. The molecular formula is C14H26O. The van der Waals surface area contributed by atoms with Crippen LogP contribution >= 0.6 is 0 Å². The smallest absolute Gasteiger partial charge is 0.0678 e. The third-order valence-corrected chi connectivity index (χ3v) is 4.78. The van der Waals surface area contributed by atoms with Crippen molar-refractivity contribution >= 4 is 0 Å². The summed E-state index contributed by atoms with van der Waals surface area (Å²) in [5.74, 6) is 2.24. The summed E-state index contributed by atoms with van der Waals surface area (Å²) in [7, 11) is 0. The molecule has 0 bridgehead atoms. The first-order valence-electron chi connectivity index (χ1n) is 6.82. The molecular weight excluding hydrogens is 184 g/mol. The van der Waals surface area contributed by atoms with Gasteiger partial charge in [-0.15, -0.1) is 0 Å². The lowest BCUT2D eigenvalue weighted by atomic mass is 9.66. The van der Waals surface area contributed by atoms with E-state index in [2.05, 4.69) is 13.8 Å². The minimum absolute atomic E-state index is 0.294. The average molecular weight is 210 g/mol. The average Bonchev–Trinajstić information content (AvgIpc) is 2.18. The number of aliphatic hydroxyl groups is 1. The van der Waals surface area contributed by atoms with E-state index in [0.29, 0.717) is 5.92 Å². The Morgan fingerprint density at radius 2 is 1.60 bits per heavy atom. The molecule has 2 aliphatic carbocycles. The van der Waals surface area contributed by atoms with Crippen LogP contribution in [0.5, 0.6) is 0 Å². The number of hydrogen-bond acceptors (Lipinski definition) is 1. The molecule has 0 aromatic heterocycles. The summed E-state index contributed by atoms with van der Waals surface area (Å²) >= 11 is 0. The molecule has 2 saturated carbocycles. The van der Waals surface area contributed by atoms with Crippen LogP contribution in [0, 0.1) is 17.8 Å². The second kappa shape index (κ2) is 4.45. The zero-order valence-electron chi connectivity index (χ0n) is 10.3. The Labute approximate surface area is 94.3 Å². The molecule has 0 spiro atoms. The Bertz CT molecular complexity index is 205. The fourth-order valence-corrected chi connectivity index (χ4v) is 3.73. The normalized spacial score (nSPS) is 47.8. The second-order valence-corrected chi connectivity index (χ2v) is 6.26. The van der Waals surface area contributed by atoms with Crippen molar-refractivity contribution in [1.29, 1.82) is 0 Å². The summed E-state index contributed by atoms with van der Waals surface area (Å²) in [6.45, 7) is 4.65. The predicted octanol–water partition coefficient (Wildman–Crippen LogP) is 3.75. The Hall–Kier alpha value is -0.0400. The van der Waals surface area contributed by atoms with E-state index in [0.717, 1.165) is 24.7 Å². The molecule has 2 rings (SSSR count). The van der Waals surface area contributed by atoms with Crippen molar-refractivity contribution in [3.05, 3.63) is 0 Å². The molecule has 88 valence electrons. The van der Waals surface area contributed by atoms with Crippen LogP contribution in [-0.4, -0.2) is 10.7 Å². The van der Waals surface area contributed by atoms with Gasteiger partial charge in [-0.3, -0.25) is 0 Å². The molecule has 0 aromatic rings. The third-order valence-electron chi connectivity index (χ3n) is 4.78. The minimum atomic E-state index is -0.294. The first-order valence-corrected chi connectivity index (χ1v) is 6.82. The molecule has 2 fully saturated rings. The van der Waals surface area contributed by atoms with Gasteiger partial charge in [-0.25, -0.2) is 0 Å². The van der Waals surface area contributed by atoms with E-state index in [-0.39, 0.29) is 5.60 Å². The maximum absolute atomic E-state index is 10.8. The highest BCUT2D eigenvalue weighted by atomic mass is 16.3. The highest BCUT2D eigenvalue weighted by molar-refractivity contribution is 4.92. The summed E-state index contributed by atoms with van der Waals surface area (Å²) in [4.78, 5) is 0. The first-order chi connectivity index (χ1) is 7.10. The largest absolute Gasteiger partial charge is 0.390 e. The van der Waals surface area contributed by atoms with Crippen molar-refractivity contribution in [2.24, 2.45) is 17.8 Å². The number of hydrogen-bond donors (Lipinski definition) is 1. The van der Waals surface area contributed by atoms with Gasteiger partial charge in [-0.2, -0.15) is 0 Å². The summed E-state index contributed by atoms with van der Waals surface area (Å²) in [5.41, 5.74) is -0.294. The SMILES string of the molecule is CC1CCC(C2(O)CCCC(C)C2)CC1. The van der Waals surface area contributed by atoms with Crippen LogP contribution in [0.4, 0.5) is 0 Å². The molecule has 0 amide bonds. The van der Waals surface area contributed by atoms with Crippen molar-refractivity contribution in [1.82, 2.24) is 0 Å². The van der Waals surface area contributed by atoms with Gasteiger partial charge in [0, 0.05) is 0 Å². The fourth-order valence-electron chi connectivity index (χ4n) is 3.73. The minimum Gasteiger partial charge on any atom is -0.390 e. The molecule has 2 unspecified atom stereocenters. The summed E-state index contributed by atoms with van der Waals surface area (Å²) in [6.07, 6.45) is 9.90. The van der Waals surface area contributed by atoms with E-state index < -0.39 is 0 Å². The van der Waals surface area contributed by atoms with Crippen LogP contribution in [0.15, 0.2) is 0 Å². The molecule has 0 aromatic carbocycles. The van der Waals surface area contributed by atoms with Gasteiger partial charge < -0.3 is 5.11 Å². The first kappa shape index (κ1) is 11.4. The molecule has 0 heterocycles. The quantitative estimate of drug-likeness (QED) is 0.699. The maximum atomic E-state index is 10.8. The van der Waals surface area contributed by atoms with Crippen LogP contribution in [0.2, 0.25) is 0 Å². The molecule has 15 heavy (non-hydrogen) atoms. The lowest BCUT2D eigenvalue weighted by molar-refractivity contribution is -0.0769. The van der Waals surface area contributed by atoms with Gasteiger partial charge >= 0.3 is 0 Å². The lowest BCUT2D eigenvalue weighted by Crippen LogP contribution is -2.43. The van der Waals surface area contributed by atoms with Crippen LogP contribution < -0.4 is 0 Å². The molecule has 1 heteroatoms. The predicted molar refractivity (Wildman–Crippen MR) is 63.7 cm³/mol. The van der Waals surface area contributed by atoms with E-state index in [1.54, 1.807) is 0 Å². The topological polar surface area (TPSA) is 20.2 Å². The lowest BCUT2D eigenvalue weighted by Gasteiger charge is -2.44. The Morgan fingerprint density at radius 3 is 2.20 bits per heavy atom. The van der Waals surface area contributed by atoms with Crippen molar-refractivity contribution in [2.45, 2.75) is 70.8 Å². The molecule has 2 aliphatic rings. The van der Waals surface area contributed by atoms with Crippen LogP contribution in [-0.2, 0) is 0 Å². The van der Waals surface area contributed by atoms with Crippen molar-refractivity contribution in [3.63, 3.8) is 0 Å². The van der Waals surface area contributed by atoms with Crippen LogP contribution in [0.3, 0.4) is 0 Å². The molecule has 0 saturated heterocycles. The van der Waals surface area contributed by atoms with Gasteiger partial charge in [0.15, 0.2) is 0 Å². The fraction of sp³-hybridized carbons (Fsp3) is 1.00. The monoisotopic (exact) mass is 210 g/mol. The standard InChI is InChI=1S/C14H26O/c1-11-5-7-13(8-6-11)14(15)9-3-4-12(2)10-14/h11-13,15H,3-10H2,1-2H3. The van der Waals surface area contributed by atoms with E-state index in [1.807, 2.05) is 0 Å². The van der Waals surface area contributed by atoms with E-state index >= 15 is 0 Å². The zero-order valence-corrected chi connectivity index (χ0v) is 10.3.